The molecule has 3 heterocycles. The Kier molecular flexibility index (Phi) is 14.9. The molecule has 19 heteroatoms. The molecule has 0 aromatic heterocycles. The molecule has 5 aliphatic carbocycles. The van der Waals surface area contributed by atoms with Crippen molar-refractivity contribution in [1.29, 1.82) is 0 Å². The lowest BCUT2D eigenvalue weighted by Crippen LogP contribution is -2.70. The van der Waals surface area contributed by atoms with Gasteiger partial charge < -0.3 is 94.4 Å². The van der Waals surface area contributed by atoms with Crippen molar-refractivity contribution in [2.24, 2.45) is 50.2 Å². The van der Waals surface area contributed by atoms with Crippen molar-refractivity contribution < 1.29 is 94.4 Å². The first-order chi connectivity index (χ1) is 31.9. The summed E-state index contributed by atoms with van der Waals surface area (Å²) < 4.78 is 43.8. The maximum absolute atomic E-state index is 12.2. The number of aliphatic hydroxyl groups is 12. The normalized spacial score (nSPS) is 55.8. The summed E-state index contributed by atoms with van der Waals surface area (Å²) in [4.78, 5) is 0. The lowest BCUT2D eigenvalue weighted by Gasteiger charge is -2.73. The van der Waals surface area contributed by atoms with Crippen LogP contribution in [0.4, 0.5) is 0 Å². The van der Waals surface area contributed by atoms with Crippen LogP contribution in [0.5, 0.6) is 0 Å². The van der Waals surface area contributed by atoms with Crippen molar-refractivity contribution in [2.45, 2.75) is 210 Å². The van der Waals surface area contributed by atoms with Crippen molar-refractivity contribution in [3.05, 3.63) is 11.6 Å². The minimum atomic E-state index is -1.90. The molecule has 12 N–H and O–H groups in total. The smallest absolute Gasteiger partial charge is 0.187 e. The number of ether oxygens (including phenoxy) is 7. The fourth-order valence-electron chi connectivity index (χ4n) is 15.5. The second-order valence-corrected chi connectivity index (χ2v) is 23.8. The van der Waals surface area contributed by atoms with E-state index in [1.54, 1.807) is 7.11 Å². The van der Waals surface area contributed by atoms with Gasteiger partial charge in [0.1, 0.15) is 67.1 Å². The predicted molar refractivity (Wildman–Crippen MR) is 238 cm³/mol. The molecule has 4 saturated carbocycles. The number of allylic oxidation sites excluding steroid dienone is 1. The van der Waals surface area contributed by atoms with Gasteiger partial charge in [-0.05, 0) is 91.8 Å². The third-order valence-electron chi connectivity index (χ3n) is 19.8. The molecule has 8 aliphatic rings. The summed E-state index contributed by atoms with van der Waals surface area (Å²) in [5.74, 6) is -0.255. The summed E-state index contributed by atoms with van der Waals surface area (Å²) in [6.45, 7) is 13.1. The standard InChI is InChI=1S/C49H82O19/c1-22-31(55)38(67-41-36(60)34(58)32(56)26(18-50)64-41)39(68-42-37(61)35(59)33(57)27(19-51)65-42)43(63-22)66-30-10-11-45(4)28(46(30,5)20-52)9-12-47(6)40(45)25(62-8)15-23-24-16-44(2,3)13-14-49(24,21-53)29(54)17-48(23,47)7/h15,22,24-43,50-61H,9-14,16-21H2,1-8H3/t22-,24+,25-,26-,27-,28-,29+,30+,31+,32-,33-,34+,35+,36-,37-,38+,39-,40-,41+,42+,43+,45+,46+,47-,48-,49-/m1/s1. The Morgan fingerprint density at radius 1 is 0.618 bits per heavy atom. The van der Waals surface area contributed by atoms with Crippen LogP contribution in [0.2, 0.25) is 0 Å². The number of rotatable bonds is 11. The summed E-state index contributed by atoms with van der Waals surface area (Å²) >= 11 is 0. The van der Waals surface area contributed by atoms with Gasteiger partial charge in [0, 0.05) is 23.9 Å². The van der Waals surface area contributed by atoms with Gasteiger partial charge in [-0.25, -0.2) is 0 Å². The van der Waals surface area contributed by atoms with Gasteiger partial charge in [-0.2, -0.15) is 0 Å². The molecule has 26 atom stereocenters. The fourth-order valence-corrected chi connectivity index (χ4v) is 15.5. The van der Waals surface area contributed by atoms with Crippen LogP contribution in [0.1, 0.15) is 99.8 Å². The average molecular weight is 975 g/mol. The molecule has 3 aliphatic heterocycles. The summed E-state index contributed by atoms with van der Waals surface area (Å²) in [5.41, 5.74) is -1.53. The lowest BCUT2D eigenvalue weighted by molar-refractivity contribution is -0.398. The minimum absolute atomic E-state index is 0.0241. The highest BCUT2D eigenvalue weighted by molar-refractivity contribution is 5.37. The SMILES string of the molecule is CO[C@@H]1C=C2[C@@H]3CC(C)(C)CC[C@]3(CO)[C@@H](O)C[C@@]2(C)[C@]2(C)CC[C@H]3[C@](C)(CO)[C@@H](O[C@@H]4O[C@H](C)[C@H](O)[C@H](O[C@@H]5O[C@H](CO)[C@@H](O)[C@H](O)[C@H]5O)[C@H]4O[C@@H]4O[C@H](CO)[C@@H](O)[C@H](O)[C@H]4O)CC[C@]3(C)[C@@H]12. The van der Waals surface area contributed by atoms with E-state index in [0.717, 1.165) is 25.7 Å². The molecule has 0 radical (unpaired) electrons. The Morgan fingerprint density at radius 3 is 1.75 bits per heavy atom. The van der Waals surface area contributed by atoms with Gasteiger partial charge in [-0.15, -0.1) is 0 Å². The Balaban J connectivity index is 1.13. The number of hydrogen-bond donors (Lipinski definition) is 12. The Hall–Kier alpha value is -1.02. The van der Waals surface area contributed by atoms with Crippen LogP contribution in [0.25, 0.3) is 0 Å². The van der Waals surface area contributed by atoms with E-state index in [4.69, 9.17) is 33.2 Å². The van der Waals surface area contributed by atoms with Crippen LogP contribution >= 0.6 is 0 Å². The third kappa shape index (κ3) is 8.12. The molecule has 19 nitrogen and oxygen atoms in total. The molecule has 68 heavy (non-hydrogen) atoms. The molecule has 8 rings (SSSR count). The maximum atomic E-state index is 12.2. The number of methoxy groups -OCH3 is 1. The zero-order chi connectivity index (χ0) is 49.8. The van der Waals surface area contributed by atoms with Crippen molar-refractivity contribution in [2.75, 3.05) is 33.5 Å². The molecule has 0 aromatic rings. The van der Waals surface area contributed by atoms with Crippen molar-refractivity contribution in [3.63, 3.8) is 0 Å². The van der Waals surface area contributed by atoms with E-state index in [-0.39, 0.29) is 47.9 Å². The van der Waals surface area contributed by atoms with Gasteiger partial charge in [0.05, 0.1) is 50.8 Å². The van der Waals surface area contributed by atoms with Crippen molar-refractivity contribution in [1.82, 2.24) is 0 Å². The Labute approximate surface area is 399 Å². The van der Waals surface area contributed by atoms with Gasteiger partial charge in [-0.1, -0.05) is 53.2 Å². The quantitative estimate of drug-likeness (QED) is 0.0892. The monoisotopic (exact) mass is 975 g/mol. The van der Waals surface area contributed by atoms with Crippen LogP contribution < -0.4 is 0 Å². The van der Waals surface area contributed by atoms with Crippen LogP contribution in [0.3, 0.4) is 0 Å². The summed E-state index contributed by atoms with van der Waals surface area (Å²) in [5, 5.41) is 131. The van der Waals surface area contributed by atoms with Crippen LogP contribution in [-0.4, -0.2) is 205 Å². The van der Waals surface area contributed by atoms with E-state index in [2.05, 4.69) is 40.7 Å². The number of fused-ring (bicyclic) bond motifs is 7. The third-order valence-corrected chi connectivity index (χ3v) is 19.8. The molecular weight excluding hydrogens is 893 g/mol. The van der Waals surface area contributed by atoms with Gasteiger partial charge in [0.15, 0.2) is 18.9 Å². The zero-order valence-corrected chi connectivity index (χ0v) is 40.9. The summed E-state index contributed by atoms with van der Waals surface area (Å²) in [6, 6.07) is 0. The average Bonchev–Trinajstić information content (AvgIpc) is 3.30. The molecule has 0 aromatic carbocycles. The first-order valence-electron chi connectivity index (χ1n) is 24.9. The number of hydrogen-bond acceptors (Lipinski definition) is 19. The molecule has 0 amide bonds. The van der Waals surface area contributed by atoms with Gasteiger partial charge in [-0.3, -0.25) is 0 Å². The topological polar surface area (TPSA) is 307 Å². The van der Waals surface area contributed by atoms with Gasteiger partial charge >= 0.3 is 0 Å². The van der Waals surface area contributed by atoms with Crippen LogP contribution in [0, 0.1) is 50.2 Å². The van der Waals surface area contributed by atoms with Gasteiger partial charge in [0.25, 0.3) is 0 Å². The van der Waals surface area contributed by atoms with E-state index in [0.29, 0.717) is 25.7 Å². The highest BCUT2D eigenvalue weighted by Crippen LogP contribution is 2.76. The predicted octanol–water partition coefficient (Wildman–Crippen LogP) is -0.790. The summed E-state index contributed by atoms with van der Waals surface area (Å²) in [7, 11) is 1.74. The van der Waals surface area contributed by atoms with E-state index in [1.807, 2.05) is 6.92 Å². The zero-order valence-electron chi connectivity index (χ0n) is 40.9. The van der Waals surface area contributed by atoms with Crippen molar-refractivity contribution >= 4 is 0 Å². The van der Waals surface area contributed by atoms with E-state index in [9.17, 15) is 61.3 Å². The van der Waals surface area contributed by atoms with Gasteiger partial charge in [0.2, 0.25) is 0 Å². The molecule has 0 spiro atoms. The molecule has 0 bridgehead atoms. The second-order valence-electron chi connectivity index (χ2n) is 23.8. The summed E-state index contributed by atoms with van der Waals surface area (Å²) in [6.07, 6.45) is -18.5. The molecule has 0 unspecified atom stereocenters. The minimum Gasteiger partial charge on any atom is -0.396 e. The van der Waals surface area contributed by atoms with Crippen molar-refractivity contribution in [3.8, 4) is 0 Å². The molecule has 3 saturated heterocycles. The Bertz CT molecular complexity index is 1800. The maximum Gasteiger partial charge on any atom is 0.187 e. The second kappa shape index (κ2) is 19.0. The highest BCUT2D eigenvalue weighted by atomic mass is 16.8. The number of aliphatic hydroxyl groups excluding tert-OH is 12. The lowest BCUT2D eigenvalue weighted by atomic mass is 9.32. The highest BCUT2D eigenvalue weighted by Gasteiger charge is 2.72. The van der Waals surface area contributed by atoms with E-state index >= 15 is 0 Å². The first-order valence-corrected chi connectivity index (χ1v) is 24.9. The molecular formula is C49H82O19. The molecule has 7 fully saturated rings. The van der Waals surface area contributed by atoms with Crippen LogP contribution in [0.15, 0.2) is 11.6 Å². The van der Waals surface area contributed by atoms with Crippen LogP contribution in [-0.2, 0) is 33.2 Å². The van der Waals surface area contributed by atoms with E-state index in [1.165, 1.54) is 12.5 Å². The first kappa shape index (κ1) is 53.3. The van der Waals surface area contributed by atoms with E-state index < -0.39 is 139 Å². The fraction of sp³-hybridized carbons (Fsp3) is 0.959. The Morgan fingerprint density at radius 2 is 1.21 bits per heavy atom. The largest absolute Gasteiger partial charge is 0.396 e. The molecule has 392 valence electrons.